The molecule has 2 aliphatic rings. The first-order valence-corrected chi connectivity index (χ1v) is 6.33. The molecule has 1 saturated carbocycles. The fourth-order valence-corrected chi connectivity index (χ4v) is 2.54. The van der Waals surface area contributed by atoms with Crippen molar-refractivity contribution >= 4 is 5.91 Å². The SMILES string of the molecule is O=C(N[C@@H]1CCCC[C@H]1O)C1CCOCC1. The van der Waals surface area contributed by atoms with Gasteiger partial charge < -0.3 is 15.2 Å². The number of ether oxygens (including phenoxy) is 1. The minimum atomic E-state index is -0.349. The summed E-state index contributed by atoms with van der Waals surface area (Å²) in [7, 11) is 0. The van der Waals surface area contributed by atoms with Crippen LogP contribution in [-0.4, -0.2) is 36.4 Å². The van der Waals surface area contributed by atoms with E-state index >= 15 is 0 Å². The van der Waals surface area contributed by atoms with Crippen molar-refractivity contribution in [2.45, 2.75) is 50.7 Å². The highest BCUT2D eigenvalue weighted by Crippen LogP contribution is 2.20. The van der Waals surface area contributed by atoms with Gasteiger partial charge in [-0.3, -0.25) is 4.79 Å². The summed E-state index contributed by atoms with van der Waals surface area (Å²) in [5, 5.41) is 12.8. The van der Waals surface area contributed by atoms with Crippen molar-refractivity contribution in [2.24, 2.45) is 5.92 Å². The number of hydrogen-bond donors (Lipinski definition) is 2. The molecule has 2 rings (SSSR count). The quantitative estimate of drug-likeness (QED) is 0.734. The molecular formula is C12H21NO3. The van der Waals surface area contributed by atoms with Crippen molar-refractivity contribution in [3.8, 4) is 0 Å². The summed E-state index contributed by atoms with van der Waals surface area (Å²) in [5.41, 5.74) is 0. The lowest BCUT2D eigenvalue weighted by atomic mass is 9.91. The molecule has 4 nitrogen and oxygen atoms in total. The van der Waals surface area contributed by atoms with Crippen LogP contribution in [0.25, 0.3) is 0 Å². The second-order valence-corrected chi connectivity index (χ2v) is 4.85. The van der Waals surface area contributed by atoms with E-state index in [1.165, 1.54) is 0 Å². The summed E-state index contributed by atoms with van der Waals surface area (Å²) >= 11 is 0. The van der Waals surface area contributed by atoms with Crippen molar-refractivity contribution in [2.75, 3.05) is 13.2 Å². The van der Waals surface area contributed by atoms with Gasteiger partial charge in [-0.1, -0.05) is 12.8 Å². The van der Waals surface area contributed by atoms with Gasteiger partial charge in [-0.15, -0.1) is 0 Å². The van der Waals surface area contributed by atoms with Gasteiger partial charge in [0.05, 0.1) is 12.1 Å². The highest BCUT2D eigenvalue weighted by Gasteiger charge is 2.28. The molecule has 0 spiro atoms. The average Bonchev–Trinajstić information content (AvgIpc) is 2.33. The fraction of sp³-hybridized carbons (Fsp3) is 0.917. The van der Waals surface area contributed by atoms with Crippen molar-refractivity contribution < 1.29 is 14.6 Å². The molecule has 0 radical (unpaired) electrons. The summed E-state index contributed by atoms with van der Waals surface area (Å²) in [6.07, 6.45) is 5.19. The molecule has 1 aliphatic heterocycles. The molecule has 2 fully saturated rings. The van der Waals surface area contributed by atoms with Gasteiger partial charge in [0.25, 0.3) is 0 Å². The summed E-state index contributed by atoms with van der Waals surface area (Å²) in [6, 6.07) is -0.0240. The van der Waals surface area contributed by atoms with E-state index in [0.717, 1.165) is 38.5 Å². The van der Waals surface area contributed by atoms with E-state index in [1.807, 2.05) is 0 Å². The molecule has 0 unspecified atom stereocenters. The molecule has 1 amide bonds. The van der Waals surface area contributed by atoms with Crippen molar-refractivity contribution in [1.29, 1.82) is 0 Å². The normalized spacial score (nSPS) is 32.3. The van der Waals surface area contributed by atoms with E-state index in [2.05, 4.69) is 5.32 Å². The molecule has 1 aliphatic carbocycles. The van der Waals surface area contributed by atoms with Gasteiger partial charge in [-0.25, -0.2) is 0 Å². The molecule has 1 saturated heterocycles. The van der Waals surface area contributed by atoms with Crippen molar-refractivity contribution in [1.82, 2.24) is 5.32 Å². The maximum atomic E-state index is 11.9. The Labute approximate surface area is 96.4 Å². The Bertz CT molecular complexity index is 238. The second kappa shape index (κ2) is 5.64. The molecule has 1 heterocycles. The third-order valence-corrected chi connectivity index (χ3v) is 3.65. The fourth-order valence-electron chi connectivity index (χ4n) is 2.54. The summed E-state index contributed by atoms with van der Waals surface area (Å²) in [5.74, 6) is 0.192. The van der Waals surface area contributed by atoms with Crippen LogP contribution in [-0.2, 0) is 9.53 Å². The second-order valence-electron chi connectivity index (χ2n) is 4.85. The van der Waals surface area contributed by atoms with Gasteiger partial charge >= 0.3 is 0 Å². The highest BCUT2D eigenvalue weighted by molar-refractivity contribution is 5.79. The van der Waals surface area contributed by atoms with Gasteiger partial charge in [0, 0.05) is 19.1 Å². The molecule has 0 aromatic rings. The molecule has 0 aromatic heterocycles. The highest BCUT2D eigenvalue weighted by atomic mass is 16.5. The Morgan fingerprint density at radius 1 is 1.12 bits per heavy atom. The van der Waals surface area contributed by atoms with Crippen LogP contribution in [0.5, 0.6) is 0 Å². The van der Waals surface area contributed by atoms with Gasteiger partial charge in [-0.05, 0) is 25.7 Å². The van der Waals surface area contributed by atoms with Gasteiger partial charge in [0.2, 0.25) is 5.91 Å². The molecule has 4 heteroatoms. The van der Waals surface area contributed by atoms with Gasteiger partial charge in [-0.2, -0.15) is 0 Å². The smallest absolute Gasteiger partial charge is 0.223 e. The maximum absolute atomic E-state index is 11.9. The van der Waals surface area contributed by atoms with Crippen molar-refractivity contribution in [3.63, 3.8) is 0 Å². The standard InChI is InChI=1S/C12H21NO3/c14-11-4-2-1-3-10(11)13-12(15)9-5-7-16-8-6-9/h9-11,14H,1-8H2,(H,13,15)/t10-,11-/m1/s1. The van der Waals surface area contributed by atoms with E-state index in [4.69, 9.17) is 4.74 Å². The monoisotopic (exact) mass is 227 g/mol. The molecule has 0 aromatic carbocycles. The minimum Gasteiger partial charge on any atom is -0.391 e. The lowest BCUT2D eigenvalue weighted by Crippen LogP contribution is -2.47. The predicted molar refractivity (Wildman–Crippen MR) is 59.9 cm³/mol. The van der Waals surface area contributed by atoms with Crippen LogP contribution in [0.3, 0.4) is 0 Å². The lowest BCUT2D eigenvalue weighted by molar-refractivity contribution is -0.129. The number of amides is 1. The predicted octanol–water partition coefficient (Wildman–Crippen LogP) is 0.833. The molecule has 2 atom stereocenters. The number of nitrogens with one attached hydrogen (secondary N) is 1. The number of carbonyl (C=O) groups is 1. The van der Waals surface area contributed by atoms with E-state index in [9.17, 15) is 9.90 Å². The Morgan fingerprint density at radius 2 is 1.81 bits per heavy atom. The Balaban J connectivity index is 1.80. The largest absolute Gasteiger partial charge is 0.391 e. The first kappa shape index (κ1) is 11.9. The van der Waals surface area contributed by atoms with Crippen LogP contribution in [0.4, 0.5) is 0 Å². The zero-order valence-electron chi connectivity index (χ0n) is 9.65. The number of aliphatic hydroxyl groups is 1. The van der Waals surface area contributed by atoms with Crippen molar-refractivity contribution in [3.05, 3.63) is 0 Å². The Morgan fingerprint density at radius 3 is 2.50 bits per heavy atom. The third-order valence-electron chi connectivity index (χ3n) is 3.65. The Kier molecular flexibility index (Phi) is 4.18. The van der Waals surface area contributed by atoms with E-state index < -0.39 is 0 Å². The van der Waals surface area contributed by atoms with Gasteiger partial charge in [0.1, 0.15) is 0 Å². The van der Waals surface area contributed by atoms with Crippen LogP contribution in [0, 0.1) is 5.92 Å². The van der Waals surface area contributed by atoms with E-state index in [0.29, 0.717) is 13.2 Å². The number of carbonyl (C=O) groups excluding carboxylic acids is 1. The molecule has 92 valence electrons. The summed E-state index contributed by atoms with van der Waals surface area (Å²) in [6.45, 7) is 1.37. The maximum Gasteiger partial charge on any atom is 0.223 e. The first-order valence-electron chi connectivity index (χ1n) is 6.33. The number of aliphatic hydroxyl groups excluding tert-OH is 1. The molecule has 0 bridgehead atoms. The first-order chi connectivity index (χ1) is 7.77. The number of rotatable bonds is 2. The van der Waals surface area contributed by atoms with Crippen LogP contribution >= 0.6 is 0 Å². The lowest BCUT2D eigenvalue weighted by Gasteiger charge is -2.30. The minimum absolute atomic E-state index is 0.0240. The molecule has 16 heavy (non-hydrogen) atoms. The zero-order chi connectivity index (χ0) is 11.4. The molecule has 2 N–H and O–H groups in total. The third kappa shape index (κ3) is 2.95. The molecular weight excluding hydrogens is 206 g/mol. The summed E-state index contributed by atoms with van der Waals surface area (Å²) < 4.78 is 5.23. The van der Waals surface area contributed by atoms with E-state index in [1.54, 1.807) is 0 Å². The topological polar surface area (TPSA) is 58.6 Å². The van der Waals surface area contributed by atoms with Crippen LogP contribution < -0.4 is 5.32 Å². The van der Waals surface area contributed by atoms with Crippen LogP contribution in [0.1, 0.15) is 38.5 Å². The number of hydrogen-bond acceptors (Lipinski definition) is 3. The zero-order valence-corrected chi connectivity index (χ0v) is 9.65. The van der Waals surface area contributed by atoms with E-state index in [-0.39, 0.29) is 24.0 Å². The average molecular weight is 227 g/mol. The summed E-state index contributed by atoms with van der Waals surface area (Å²) in [4.78, 5) is 11.9. The van der Waals surface area contributed by atoms with Crippen LogP contribution in [0.15, 0.2) is 0 Å². The Hall–Kier alpha value is -0.610. The van der Waals surface area contributed by atoms with Gasteiger partial charge in [0.15, 0.2) is 0 Å². The van der Waals surface area contributed by atoms with Crippen LogP contribution in [0.2, 0.25) is 0 Å².